The maximum atomic E-state index is 10.4. The molecule has 0 saturated heterocycles. The first-order valence-corrected chi connectivity index (χ1v) is 6.68. The summed E-state index contributed by atoms with van der Waals surface area (Å²) in [6, 6.07) is 7.49. The molecule has 0 aliphatic carbocycles. The van der Waals surface area contributed by atoms with Crippen molar-refractivity contribution >= 4 is 0 Å². The van der Waals surface area contributed by atoms with Gasteiger partial charge in [-0.15, -0.1) is 0 Å². The van der Waals surface area contributed by atoms with Crippen LogP contribution in [0.25, 0.3) is 0 Å². The van der Waals surface area contributed by atoms with Crippen molar-refractivity contribution in [1.29, 1.82) is 0 Å². The highest BCUT2D eigenvalue weighted by atomic mass is 16.5. The van der Waals surface area contributed by atoms with Gasteiger partial charge in [-0.25, -0.2) is 4.98 Å². The molecule has 0 bridgehead atoms. The van der Waals surface area contributed by atoms with Crippen molar-refractivity contribution in [1.82, 2.24) is 9.55 Å². The van der Waals surface area contributed by atoms with E-state index in [2.05, 4.69) is 11.9 Å². The van der Waals surface area contributed by atoms with Crippen LogP contribution < -0.4 is 4.74 Å². The van der Waals surface area contributed by atoms with E-state index in [1.165, 1.54) is 0 Å². The van der Waals surface area contributed by atoms with Gasteiger partial charge in [0.05, 0.1) is 6.61 Å². The second-order valence-corrected chi connectivity index (χ2v) is 4.38. The average molecular weight is 260 g/mol. The second kappa shape index (κ2) is 6.38. The molecule has 1 aromatic carbocycles. The summed E-state index contributed by atoms with van der Waals surface area (Å²) in [6.07, 6.45) is 3.94. The monoisotopic (exact) mass is 260 g/mol. The number of aliphatic hydroxyl groups excluding tert-OH is 1. The minimum Gasteiger partial charge on any atom is -0.494 e. The molecular weight excluding hydrogens is 240 g/mol. The number of hydrogen-bond acceptors (Lipinski definition) is 3. The molecule has 4 nitrogen and oxygen atoms in total. The standard InChI is InChI=1S/C15H20N2O2/c1-3-10-17-11-9-16-15(17)14(18)12-5-7-13(8-6-12)19-4-2/h5-9,11,14,18H,3-4,10H2,1-2H3. The van der Waals surface area contributed by atoms with Gasteiger partial charge in [-0.1, -0.05) is 19.1 Å². The van der Waals surface area contributed by atoms with E-state index in [9.17, 15) is 5.11 Å². The zero-order valence-electron chi connectivity index (χ0n) is 11.4. The fourth-order valence-electron chi connectivity index (χ4n) is 2.06. The fraction of sp³-hybridized carbons (Fsp3) is 0.400. The SMILES string of the molecule is CCCn1ccnc1C(O)c1ccc(OCC)cc1. The summed E-state index contributed by atoms with van der Waals surface area (Å²) in [5, 5.41) is 10.4. The molecule has 2 aromatic rings. The van der Waals surface area contributed by atoms with Gasteiger partial charge in [-0.3, -0.25) is 0 Å². The quantitative estimate of drug-likeness (QED) is 0.868. The van der Waals surface area contributed by atoms with Crippen LogP contribution in [-0.4, -0.2) is 21.3 Å². The van der Waals surface area contributed by atoms with Crippen molar-refractivity contribution in [3.8, 4) is 5.75 Å². The number of aromatic nitrogens is 2. The number of ether oxygens (including phenoxy) is 1. The molecule has 4 heteroatoms. The van der Waals surface area contributed by atoms with Crippen LogP contribution in [-0.2, 0) is 6.54 Å². The molecule has 2 rings (SSSR count). The van der Waals surface area contributed by atoms with Gasteiger partial charge in [0.2, 0.25) is 0 Å². The predicted octanol–water partition coefficient (Wildman–Crippen LogP) is 2.77. The molecule has 1 aromatic heterocycles. The zero-order chi connectivity index (χ0) is 13.7. The van der Waals surface area contributed by atoms with Gasteiger partial charge in [-0.2, -0.15) is 0 Å². The molecule has 0 fully saturated rings. The Balaban J connectivity index is 2.18. The van der Waals surface area contributed by atoms with Gasteiger partial charge in [0.1, 0.15) is 17.7 Å². The van der Waals surface area contributed by atoms with Crippen molar-refractivity contribution in [2.45, 2.75) is 32.9 Å². The lowest BCUT2D eigenvalue weighted by molar-refractivity contribution is 0.204. The van der Waals surface area contributed by atoms with Crippen LogP contribution in [0.1, 0.15) is 37.8 Å². The maximum absolute atomic E-state index is 10.4. The van der Waals surface area contributed by atoms with Gasteiger partial charge in [-0.05, 0) is 31.0 Å². The molecule has 19 heavy (non-hydrogen) atoms. The molecule has 1 N–H and O–H groups in total. The van der Waals surface area contributed by atoms with Crippen molar-refractivity contribution < 1.29 is 9.84 Å². The van der Waals surface area contributed by atoms with Crippen LogP contribution in [0, 0.1) is 0 Å². The van der Waals surface area contributed by atoms with Crippen molar-refractivity contribution in [2.75, 3.05) is 6.61 Å². The van der Waals surface area contributed by atoms with Gasteiger partial charge in [0, 0.05) is 18.9 Å². The lowest BCUT2D eigenvalue weighted by Gasteiger charge is -2.13. The Bertz CT molecular complexity index is 505. The summed E-state index contributed by atoms with van der Waals surface area (Å²) in [4.78, 5) is 4.25. The Labute approximate surface area is 113 Å². The van der Waals surface area contributed by atoms with Gasteiger partial charge >= 0.3 is 0 Å². The molecule has 0 radical (unpaired) electrons. The highest BCUT2D eigenvalue weighted by Gasteiger charge is 2.15. The van der Waals surface area contributed by atoms with E-state index >= 15 is 0 Å². The van der Waals surface area contributed by atoms with Crippen LogP contribution >= 0.6 is 0 Å². The third kappa shape index (κ3) is 3.15. The highest BCUT2D eigenvalue weighted by Crippen LogP contribution is 2.23. The van der Waals surface area contributed by atoms with Crippen LogP contribution in [0.15, 0.2) is 36.7 Å². The summed E-state index contributed by atoms with van der Waals surface area (Å²) in [5.74, 6) is 1.50. The fourth-order valence-corrected chi connectivity index (χ4v) is 2.06. The summed E-state index contributed by atoms with van der Waals surface area (Å²) in [7, 11) is 0. The normalized spacial score (nSPS) is 12.4. The van der Waals surface area contributed by atoms with Crippen molar-refractivity contribution in [2.24, 2.45) is 0 Å². The first kappa shape index (κ1) is 13.6. The molecule has 1 unspecified atom stereocenters. The van der Waals surface area contributed by atoms with Crippen LogP contribution in [0.3, 0.4) is 0 Å². The zero-order valence-corrected chi connectivity index (χ0v) is 11.4. The predicted molar refractivity (Wildman–Crippen MR) is 74.2 cm³/mol. The molecule has 0 aliphatic heterocycles. The van der Waals surface area contributed by atoms with E-state index in [0.29, 0.717) is 12.4 Å². The summed E-state index contributed by atoms with van der Waals surface area (Å²) in [6.45, 7) is 5.56. The molecule has 0 amide bonds. The molecular formula is C15H20N2O2. The van der Waals surface area contributed by atoms with Crippen LogP contribution in [0.2, 0.25) is 0 Å². The topological polar surface area (TPSA) is 47.3 Å². The van der Waals surface area contributed by atoms with E-state index < -0.39 is 6.10 Å². The van der Waals surface area contributed by atoms with E-state index in [1.54, 1.807) is 6.20 Å². The summed E-state index contributed by atoms with van der Waals surface area (Å²) < 4.78 is 7.38. The smallest absolute Gasteiger partial charge is 0.142 e. The number of imidazole rings is 1. The summed E-state index contributed by atoms with van der Waals surface area (Å²) >= 11 is 0. The Morgan fingerprint density at radius 1 is 1.26 bits per heavy atom. The molecule has 1 atom stereocenters. The van der Waals surface area contributed by atoms with E-state index in [0.717, 1.165) is 24.3 Å². The van der Waals surface area contributed by atoms with Gasteiger partial charge in [0.25, 0.3) is 0 Å². The number of aliphatic hydroxyl groups is 1. The Morgan fingerprint density at radius 2 is 2.00 bits per heavy atom. The Morgan fingerprint density at radius 3 is 2.63 bits per heavy atom. The average Bonchev–Trinajstić information content (AvgIpc) is 2.88. The van der Waals surface area contributed by atoms with E-state index in [4.69, 9.17) is 4.74 Å². The summed E-state index contributed by atoms with van der Waals surface area (Å²) in [5.41, 5.74) is 0.826. The number of hydrogen-bond donors (Lipinski definition) is 1. The van der Waals surface area contributed by atoms with Crippen molar-refractivity contribution in [3.63, 3.8) is 0 Å². The molecule has 1 heterocycles. The number of aryl methyl sites for hydroxylation is 1. The third-order valence-corrected chi connectivity index (χ3v) is 2.96. The number of benzene rings is 1. The second-order valence-electron chi connectivity index (χ2n) is 4.38. The molecule has 0 spiro atoms. The van der Waals surface area contributed by atoms with E-state index in [1.807, 2.05) is 42.0 Å². The van der Waals surface area contributed by atoms with Crippen LogP contribution in [0.4, 0.5) is 0 Å². The molecule has 0 aliphatic rings. The van der Waals surface area contributed by atoms with Crippen LogP contribution in [0.5, 0.6) is 5.75 Å². The minimum absolute atomic E-state index is 0.642. The highest BCUT2D eigenvalue weighted by molar-refractivity contribution is 5.31. The van der Waals surface area contributed by atoms with Gasteiger partial charge in [0.15, 0.2) is 0 Å². The van der Waals surface area contributed by atoms with E-state index in [-0.39, 0.29) is 0 Å². The number of rotatable bonds is 6. The minimum atomic E-state index is -0.697. The van der Waals surface area contributed by atoms with Gasteiger partial charge < -0.3 is 14.4 Å². The first-order chi connectivity index (χ1) is 9.26. The Kier molecular flexibility index (Phi) is 4.58. The lowest BCUT2D eigenvalue weighted by atomic mass is 10.1. The number of nitrogens with zero attached hydrogens (tertiary/aromatic N) is 2. The molecule has 0 saturated carbocycles. The Hall–Kier alpha value is -1.81. The largest absolute Gasteiger partial charge is 0.494 e. The molecule has 102 valence electrons. The lowest BCUT2D eigenvalue weighted by Crippen LogP contribution is -2.09. The third-order valence-electron chi connectivity index (χ3n) is 2.96. The van der Waals surface area contributed by atoms with Crippen molar-refractivity contribution in [3.05, 3.63) is 48.0 Å². The maximum Gasteiger partial charge on any atom is 0.142 e. The first-order valence-electron chi connectivity index (χ1n) is 6.68.